The fourth-order valence-electron chi connectivity index (χ4n) is 1.09. The first-order valence-electron chi connectivity index (χ1n) is 4.03. The first kappa shape index (κ1) is 8.31. The summed E-state index contributed by atoms with van der Waals surface area (Å²) in [7, 11) is 1.87. The highest BCUT2D eigenvalue weighted by Gasteiger charge is 2.02. The summed E-state index contributed by atoms with van der Waals surface area (Å²) in [4.78, 5) is 4.35. The molecule has 13 heavy (non-hydrogen) atoms. The molecule has 2 rings (SSSR count). The van der Waals surface area contributed by atoms with Crippen LogP contribution in [0, 0.1) is 0 Å². The van der Waals surface area contributed by atoms with E-state index in [0.29, 0.717) is 0 Å². The molecule has 0 fully saturated rings. The lowest BCUT2D eigenvalue weighted by molar-refractivity contribution is 0.519. The number of anilines is 1. The van der Waals surface area contributed by atoms with Gasteiger partial charge in [-0.3, -0.25) is 0 Å². The lowest BCUT2D eigenvalue weighted by Gasteiger charge is -1.91. The minimum absolute atomic E-state index is 0.769. The van der Waals surface area contributed by atoms with Gasteiger partial charge in [0.25, 0.3) is 0 Å². The predicted octanol–water partition coefficient (Wildman–Crippen LogP) is 2.37. The van der Waals surface area contributed by atoms with Crippen molar-refractivity contribution >= 4 is 16.5 Å². The molecule has 1 N–H and O–H groups in total. The maximum Gasteiger partial charge on any atom is 0.182 e. The van der Waals surface area contributed by atoms with E-state index in [9.17, 15) is 0 Å². The van der Waals surface area contributed by atoms with Crippen LogP contribution in [0.5, 0.6) is 0 Å². The average Bonchev–Trinajstić information content (AvgIpc) is 2.76. The van der Waals surface area contributed by atoms with E-state index in [2.05, 4.69) is 10.3 Å². The summed E-state index contributed by atoms with van der Waals surface area (Å²) in [5, 5.41) is 5.99. The third-order valence-corrected chi connectivity index (χ3v) is 2.61. The smallest absolute Gasteiger partial charge is 0.182 e. The van der Waals surface area contributed by atoms with Crippen molar-refractivity contribution in [2.24, 2.45) is 0 Å². The molecule has 0 bridgehead atoms. The van der Waals surface area contributed by atoms with Crippen LogP contribution in [0.3, 0.4) is 0 Å². The van der Waals surface area contributed by atoms with Crippen molar-refractivity contribution in [2.75, 3.05) is 12.4 Å². The van der Waals surface area contributed by atoms with Gasteiger partial charge >= 0.3 is 0 Å². The monoisotopic (exact) mass is 194 g/mol. The highest BCUT2D eigenvalue weighted by atomic mass is 32.1. The van der Waals surface area contributed by atoms with Crippen molar-refractivity contribution in [3.63, 3.8) is 0 Å². The molecule has 2 aromatic heterocycles. The van der Waals surface area contributed by atoms with Gasteiger partial charge in [0, 0.05) is 18.8 Å². The zero-order chi connectivity index (χ0) is 9.10. The van der Waals surface area contributed by atoms with Crippen molar-refractivity contribution < 1.29 is 4.42 Å². The second-order valence-electron chi connectivity index (χ2n) is 2.65. The normalized spacial score (nSPS) is 10.2. The molecule has 3 nitrogen and oxygen atoms in total. The van der Waals surface area contributed by atoms with Gasteiger partial charge in [-0.2, -0.15) is 0 Å². The largest absolute Gasteiger partial charge is 0.469 e. The highest BCUT2D eigenvalue weighted by Crippen LogP contribution is 2.17. The van der Waals surface area contributed by atoms with E-state index in [-0.39, 0.29) is 0 Å². The second kappa shape index (κ2) is 3.62. The molecule has 0 aliphatic heterocycles. The van der Waals surface area contributed by atoms with Crippen LogP contribution in [0.4, 0.5) is 5.13 Å². The average molecular weight is 194 g/mol. The van der Waals surface area contributed by atoms with E-state index in [0.717, 1.165) is 23.0 Å². The van der Waals surface area contributed by atoms with Gasteiger partial charge in [0.2, 0.25) is 0 Å². The second-order valence-corrected chi connectivity index (χ2v) is 3.51. The Morgan fingerprint density at radius 3 is 3.15 bits per heavy atom. The number of aromatic nitrogens is 1. The Kier molecular flexibility index (Phi) is 2.31. The van der Waals surface area contributed by atoms with E-state index in [1.165, 1.54) is 0 Å². The summed E-state index contributed by atoms with van der Waals surface area (Å²) in [6.07, 6.45) is 2.45. The number of thiazole rings is 1. The zero-order valence-corrected chi connectivity index (χ0v) is 8.10. The van der Waals surface area contributed by atoms with E-state index in [1.54, 1.807) is 17.6 Å². The summed E-state index contributed by atoms with van der Waals surface area (Å²) in [6.45, 7) is 0. The topological polar surface area (TPSA) is 38.1 Å². The minimum atomic E-state index is 0.769. The lowest BCUT2D eigenvalue weighted by atomic mass is 10.3. The number of nitrogens with zero attached hydrogens (tertiary/aromatic N) is 1. The van der Waals surface area contributed by atoms with E-state index < -0.39 is 0 Å². The van der Waals surface area contributed by atoms with Crippen molar-refractivity contribution in [1.82, 2.24) is 4.98 Å². The van der Waals surface area contributed by atoms with Gasteiger partial charge in [0.05, 0.1) is 12.0 Å². The molecule has 0 spiro atoms. The Hall–Kier alpha value is -1.29. The molecule has 0 aliphatic rings. The Balaban J connectivity index is 2.10. The summed E-state index contributed by atoms with van der Waals surface area (Å²) in [5.74, 6) is 0.952. The lowest BCUT2D eigenvalue weighted by Crippen LogP contribution is -1.89. The number of nitrogens with one attached hydrogen (secondary N) is 1. The molecule has 0 amide bonds. The molecule has 2 heterocycles. The molecule has 68 valence electrons. The van der Waals surface area contributed by atoms with Gasteiger partial charge in [-0.25, -0.2) is 4.98 Å². The standard InChI is InChI=1S/C9H10N2OS/c1-10-9-11-7(6-13-9)5-8-3-2-4-12-8/h2-4,6H,5H2,1H3,(H,10,11). The quantitative estimate of drug-likeness (QED) is 0.815. The van der Waals surface area contributed by atoms with Crippen LogP contribution in [0.2, 0.25) is 0 Å². The molecule has 0 atom stereocenters. The summed E-state index contributed by atoms with van der Waals surface area (Å²) < 4.78 is 5.22. The molecule has 2 aromatic rings. The number of furan rings is 1. The molecule has 0 radical (unpaired) electrons. The molecule has 4 heteroatoms. The van der Waals surface area contributed by atoms with Gasteiger partial charge in [0.15, 0.2) is 5.13 Å². The molecule has 0 aliphatic carbocycles. The first-order valence-corrected chi connectivity index (χ1v) is 4.91. The number of hydrogen-bond acceptors (Lipinski definition) is 4. The molecule has 0 unspecified atom stereocenters. The first-order chi connectivity index (χ1) is 6.38. The Labute approximate surface area is 80.4 Å². The van der Waals surface area contributed by atoms with Crippen LogP contribution in [0.25, 0.3) is 0 Å². The fraction of sp³-hybridized carbons (Fsp3) is 0.222. The summed E-state index contributed by atoms with van der Waals surface area (Å²) in [6, 6.07) is 3.85. The summed E-state index contributed by atoms with van der Waals surface area (Å²) in [5.41, 5.74) is 1.05. The van der Waals surface area contributed by atoms with E-state index >= 15 is 0 Å². The van der Waals surface area contributed by atoms with Crippen LogP contribution in [-0.2, 0) is 6.42 Å². The molecule has 0 aromatic carbocycles. The minimum Gasteiger partial charge on any atom is -0.469 e. The predicted molar refractivity (Wildman–Crippen MR) is 53.2 cm³/mol. The maximum atomic E-state index is 5.22. The van der Waals surface area contributed by atoms with E-state index in [4.69, 9.17) is 4.42 Å². The number of hydrogen-bond donors (Lipinski definition) is 1. The third kappa shape index (κ3) is 1.89. The van der Waals surface area contributed by atoms with Crippen molar-refractivity contribution in [3.8, 4) is 0 Å². The molecule has 0 saturated carbocycles. The van der Waals surface area contributed by atoms with Crippen LogP contribution in [0.15, 0.2) is 28.2 Å². The number of rotatable bonds is 3. The Bertz CT molecular complexity index is 367. The molecular formula is C9H10N2OS. The molecular weight excluding hydrogens is 184 g/mol. The van der Waals surface area contributed by atoms with Crippen molar-refractivity contribution in [3.05, 3.63) is 35.2 Å². The zero-order valence-electron chi connectivity index (χ0n) is 7.28. The van der Waals surface area contributed by atoms with Crippen molar-refractivity contribution in [2.45, 2.75) is 6.42 Å². The fourth-order valence-corrected chi connectivity index (χ4v) is 1.77. The van der Waals surface area contributed by atoms with Gasteiger partial charge in [-0.15, -0.1) is 11.3 Å². The maximum absolute atomic E-state index is 5.22. The summed E-state index contributed by atoms with van der Waals surface area (Å²) >= 11 is 1.61. The van der Waals surface area contributed by atoms with Crippen LogP contribution < -0.4 is 5.32 Å². The van der Waals surface area contributed by atoms with Crippen LogP contribution >= 0.6 is 11.3 Å². The van der Waals surface area contributed by atoms with Gasteiger partial charge in [-0.05, 0) is 12.1 Å². The van der Waals surface area contributed by atoms with Crippen LogP contribution in [0.1, 0.15) is 11.5 Å². The highest BCUT2D eigenvalue weighted by molar-refractivity contribution is 7.13. The van der Waals surface area contributed by atoms with E-state index in [1.807, 2.05) is 24.6 Å². The van der Waals surface area contributed by atoms with Gasteiger partial charge < -0.3 is 9.73 Å². The van der Waals surface area contributed by atoms with Crippen molar-refractivity contribution in [1.29, 1.82) is 0 Å². The van der Waals surface area contributed by atoms with Gasteiger partial charge in [-0.1, -0.05) is 0 Å². The Morgan fingerprint density at radius 1 is 1.62 bits per heavy atom. The Morgan fingerprint density at radius 2 is 2.54 bits per heavy atom. The SMILES string of the molecule is CNc1nc(Cc2ccco2)cs1. The van der Waals surface area contributed by atoms with Gasteiger partial charge in [0.1, 0.15) is 5.76 Å². The van der Waals surface area contributed by atoms with Crippen LogP contribution in [-0.4, -0.2) is 12.0 Å². The molecule has 0 saturated heterocycles. The third-order valence-electron chi connectivity index (χ3n) is 1.70.